The Kier molecular flexibility index (Phi) is 5.19. The number of rotatable bonds is 5. The molecule has 3 aromatic rings. The number of hydrogen-bond donors (Lipinski definition) is 0. The van der Waals surface area contributed by atoms with Gasteiger partial charge in [0.05, 0.1) is 25.5 Å². The number of imide groups is 1. The molecule has 6 nitrogen and oxygen atoms in total. The van der Waals surface area contributed by atoms with Gasteiger partial charge in [-0.25, -0.2) is 4.90 Å². The van der Waals surface area contributed by atoms with Gasteiger partial charge in [0.2, 0.25) is 0 Å². The van der Waals surface area contributed by atoms with Gasteiger partial charge in [-0.05, 0) is 41.1 Å². The zero-order chi connectivity index (χ0) is 22.2. The number of amides is 2. The molecule has 3 heterocycles. The SMILES string of the molecule is COc1ccc(N2C(=O)C(c3cccs3)=C(N3CCc4ccccc4C3)C2=O)cc1OC. The smallest absolute Gasteiger partial charge is 0.282 e. The van der Waals surface area contributed by atoms with Crippen LogP contribution in [0.5, 0.6) is 11.5 Å². The number of anilines is 1. The van der Waals surface area contributed by atoms with Crippen LogP contribution in [-0.2, 0) is 22.6 Å². The molecule has 2 aliphatic rings. The van der Waals surface area contributed by atoms with E-state index in [9.17, 15) is 9.59 Å². The Morgan fingerprint density at radius 1 is 0.875 bits per heavy atom. The molecule has 0 fully saturated rings. The Balaban J connectivity index is 1.58. The molecule has 0 saturated carbocycles. The van der Waals surface area contributed by atoms with Gasteiger partial charge in [0, 0.05) is 24.0 Å². The molecule has 32 heavy (non-hydrogen) atoms. The standard InChI is InChI=1S/C25H22N2O4S/c1-30-19-10-9-18(14-20(19)31-2)27-24(28)22(21-8-5-13-32-21)23(25(27)29)26-12-11-16-6-3-4-7-17(16)15-26/h3-10,13-14H,11-12,15H2,1-2H3. The van der Waals surface area contributed by atoms with E-state index < -0.39 is 0 Å². The van der Waals surface area contributed by atoms with Crippen LogP contribution in [0.25, 0.3) is 5.57 Å². The van der Waals surface area contributed by atoms with E-state index in [1.54, 1.807) is 25.3 Å². The van der Waals surface area contributed by atoms with Gasteiger partial charge in [-0.2, -0.15) is 0 Å². The van der Waals surface area contributed by atoms with Gasteiger partial charge >= 0.3 is 0 Å². The highest BCUT2D eigenvalue weighted by molar-refractivity contribution is 7.11. The van der Waals surface area contributed by atoms with Crippen LogP contribution in [0.15, 0.2) is 65.7 Å². The van der Waals surface area contributed by atoms with Gasteiger partial charge in [-0.15, -0.1) is 11.3 Å². The lowest BCUT2D eigenvalue weighted by Crippen LogP contribution is -2.37. The Labute approximate surface area is 190 Å². The molecule has 0 N–H and O–H groups in total. The maximum Gasteiger partial charge on any atom is 0.282 e. The van der Waals surface area contributed by atoms with Crippen molar-refractivity contribution in [3.05, 3.63) is 81.7 Å². The van der Waals surface area contributed by atoms with Crippen LogP contribution in [0.1, 0.15) is 16.0 Å². The summed E-state index contributed by atoms with van der Waals surface area (Å²) in [6, 6.07) is 17.1. The molecule has 2 aliphatic heterocycles. The summed E-state index contributed by atoms with van der Waals surface area (Å²) in [5.41, 5.74) is 3.84. The molecule has 0 atom stereocenters. The summed E-state index contributed by atoms with van der Waals surface area (Å²) in [6.07, 6.45) is 0.829. The summed E-state index contributed by atoms with van der Waals surface area (Å²) < 4.78 is 10.7. The zero-order valence-corrected chi connectivity index (χ0v) is 18.6. The monoisotopic (exact) mass is 446 g/mol. The van der Waals surface area contributed by atoms with E-state index in [1.165, 1.54) is 34.5 Å². The van der Waals surface area contributed by atoms with Crippen LogP contribution in [0.3, 0.4) is 0 Å². The van der Waals surface area contributed by atoms with E-state index in [0.717, 1.165) is 11.3 Å². The number of ether oxygens (including phenoxy) is 2. The number of carbonyl (C=O) groups is 2. The summed E-state index contributed by atoms with van der Waals surface area (Å²) in [5.74, 6) is 0.363. The Bertz CT molecular complexity index is 1230. The summed E-state index contributed by atoms with van der Waals surface area (Å²) in [4.78, 5) is 31.4. The molecule has 2 aromatic carbocycles. The predicted molar refractivity (Wildman–Crippen MR) is 124 cm³/mol. The number of nitrogens with zero attached hydrogens (tertiary/aromatic N) is 2. The van der Waals surface area contributed by atoms with Gasteiger partial charge in [0.25, 0.3) is 11.8 Å². The van der Waals surface area contributed by atoms with Gasteiger partial charge in [0.1, 0.15) is 5.70 Å². The highest BCUT2D eigenvalue weighted by Crippen LogP contribution is 2.40. The molecule has 5 rings (SSSR count). The second kappa shape index (κ2) is 8.16. The Morgan fingerprint density at radius 3 is 2.38 bits per heavy atom. The Morgan fingerprint density at radius 2 is 1.66 bits per heavy atom. The largest absolute Gasteiger partial charge is 0.493 e. The second-order valence-electron chi connectivity index (χ2n) is 7.63. The first kappa shape index (κ1) is 20.3. The maximum absolute atomic E-state index is 13.7. The van der Waals surface area contributed by atoms with Crippen molar-refractivity contribution in [2.75, 3.05) is 25.7 Å². The van der Waals surface area contributed by atoms with Crippen molar-refractivity contribution < 1.29 is 19.1 Å². The molecule has 0 spiro atoms. The normalized spacial score (nSPS) is 15.9. The van der Waals surface area contributed by atoms with Crippen LogP contribution < -0.4 is 14.4 Å². The van der Waals surface area contributed by atoms with Crippen molar-refractivity contribution in [3.8, 4) is 11.5 Å². The fourth-order valence-corrected chi connectivity index (χ4v) is 5.10. The lowest BCUT2D eigenvalue weighted by atomic mass is 9.99. The fourth-order valence-electron chi connectivity index (χ4n) is 4.34. The minimum atomic E-state index is -0.321. The van der Waals surface area contributed by atoms with E-state index in [0.29, 0.717) is 41.5 Å². The summed E-state index contributed by atoms with van der Waals surface area (Å²) in [7, 11) is 3.08. The van der Waals surface area contributed by atoms with Gasteiger partial charge in [-0.3, -0.25) is 9.59 Å². The predicted octanol–water partition coefficient (Wildman–Crippen LogP) is 4.11. The lowest BCUT2D eigenvalue weighted by Gasteiger charge is -2.31. The molecule has 1 aromatic heterocycles. The van der Waals surface area contributed by atoms with Crippen molar-refractivity contribution in [3.63, 3.8) is 0 Å². The van der Waals surface area contributed by atoms with E-state index in [-0.39, 0.29) is 11.8 Å². The van der Waals surface area contributed by atoms with Crippen LogP contribution >= 0.6 is 11.3 Å². The minimum Gasteiger partial charge on any atom is -0.493 e. The van der Waals surface area contributed by atoms with Crippen molar-refractivity contribution in [2.45, 2.75) is 13.0 Å². The highest BCUT2D eigenvalue weighted by Gasteiger charge is 2.43. The molecular formula is C25H22N2O4S. The molecule has 0 aliphatic carbocycles. The average molecular weight is 447 g/mol. The molecular weight excluding hydrogens is 424 g/mol. The van der Waals surface area contributed by atoms with E-state index in [1.807, 2.05) is 34.5 Å². The van der Waals surface area contributed by atoms with Crippen LogP contribution in [0, 0.1) is 0 Å². The van der Waals surface area contributed by atoms with E-state index in [2.05, 4.69) is 12.1 Å². The fraction of sp³-hybridized carbons (Fsp3) is 0.200. The van der Waals surface area contributed by atoms with E-state index >= 15 is 0 Å². The quantitative estimate of drug-likeness (QED) is 0.552. The second-order valence-corrected chi connectivity index (χ2v) is 8.57. The molecule has 2 amide bonds. The maximum atomic E-state index is 13.7. The lowest BCUT2D eigenvalue weighted by molar-refractivity contribution is -0.120. The average Bonchev–Trinajstić information content (AvgIpc) is 3.44. The van der Waals surface area contributed by atoms with Crippen molar-refractivity contribution in [2.24, 2.45) is 0 Å². The molecule has 0 saturated heterocycles. The topological polar surface area (TPSA) is 59.1 Å². The number of methoxy groups -OCH3 is 2. The van der Waals surface area contributed by atoms with Crippen molar-refractivity contribution >= 4 is 34.4 Å². The van der Waals surface area contributed by atoms with Crippen molar-refractivity contribution in [1.82, 2.24) is 4.90 Å². The minimum absolute atomic E-state index is 0.315. The number of carbonyl (C=O) groups excluding carboxylic acids is 2. The van der Waals surface area contributed by atoms with Gasteiger partial charge in [-0.1, -0.05) is 30.3 Å². The summed E-state index contributed by atoms with van der Waals surface area (Å²) in [5, 5.41) is 1.92. The van der Waals surface area contributed by atoms with Gasteiger partial charge < -0.3 is 14.4 Å². The van der Waals surface area contributed by atoms with Gasteiger partial charge in [0.15, 0.2) is 11.5 Å². The Hall–Kier alpha value is -3.58. The third kappa shape index (κ3) is 3.26. The third-order valence-electron chi connectivity index (χ3n) is 5.90. The highest BCUT2D eigenvalue weighted by atomic mass is 32.1. The first-order valence-corrected chi connectivity index (χ1v) is 11.2. The van der Waals surface area contributed by atoms with Crippen LogP contribution in [0.4, 0.5) is 5.69 Å². The number of hydrogen-bond acceptors (Lipinski definition) is 6. The first-order valence-electron chi connectivity index (χ1n) is 10.3. The zero-order valence-electron chi connectivity index (χ0n) is 17.8. The molecule has 162 valence electrons. The summed E-state index contributed by atoms with van der Waals surface area (Å²) in [6.45, 7) is 1.28. The van der Waals surface area contributed by atoms with Crippen LogP contribution in [-0.4, -0.2) is 37.5 Å². The molecule has 0 unspecified atom stereocenters. The third-order valence-corrected chi connectivity index (χ3v) is 6.79. The summed E-state index contributed by atoms with van der Waals surface area (Å²) >= 11 is 1.46. The number of thiophene rings is 1. The molecule has 7 heteroatoms. The number of benzene rings is 2. The van der Waals surface area contributed by atoms with E-state index in [4.69, 9.17) is 9.47 Å². The number of fused-ring (bicyclic) bond motifs is 1. The van der Waals surface area contributed by atoms with Crippen LogP contribution in [0.2, 0.25) is 0 Å². The van der Waals surface area contributed by atoms with Crippen molar-refractivity contribution in [1.29, 1.82) is 0 Å². The first-order chi connectivity index (χ1) is 15.6. The molecule has 0 bridgehead atoms. The molecule has 0 radical (unpaired) electrons.